The van der Waals surface area contributed by atoms with Crippen molar-refractivity contribution in [2.24, 2.45) is 0 Å². The van der Waals surface area contributed by atoms with Crippen molar-refractivity contribution in [3.63, 3.8) is 0 Å². The molecule has 0 bridgehead atoms. The molecule has 2 aliphatic heterocycles. The van der Waals surface area contributed by atoms with Crippen LogP contribution in [0.15, 0.2) is 53.9 Å². The molecule has 0 saturated carbocycles. The Morgan fingerprint density at radius 2 is 1.92 bits per heavy atom. The lowest BCUT2D eigenvalue weighted by Crippen LogP contribution is -2.57. The first kappa shape index (κ1) is 25.2. The third-order valence-electron chi connectivity index (χ3n) is 6.97. The first-order valence-corrected chi connectivity index (χ1v) is 13.5. The molecule has 5 nitrogen and oxygen atoms in total. The van der Waals surface area contributed by atoms with Gasteiger partial charge in [0.25, 0.3) is 5.91 Å². The van der Waals surface area contributed by atoms with Crippen LogP contribution in [0.25, 0.3) is 0 Å². The lowest BCUT2D eigenvalue weighted by Gasteiger charge is -2.42. The van der Waals surface area contributed by atoms with Crippen molar-refractivity contribution >= 4 is 46.4 Å². The number of thiophene rings is 1. The maximum Gasteiger partial charge on any atom is 0.255 e. The molecule has 188 valence electrons. The molecular weight excluding hydrogens is 520 g/mol. The number of hydrogen-bond donors (Lipinski definition) is 0. The Morgan fingerprint density at radius 1 is 1.08 bits per heavy atom. The normalized spacial score (nSPS) is 20.3. The van der Waals surface area contributed by atoms with Crippen LogP contribution in [-0.2, 0) is 11.2 Å². The SMILES string of the molecule is CC1CN(C(=O)CN2CCc3sccc3C2c2cccc(F)c2)CCN1C(=O)c1ccc(Cl)cc1Cl. The van der Waals surface area contributed by atoms with Gasteiger partial charge in [-0.3, -0.25) is 14.5 Å². The summed E-state index contributed by atoms with van der Waals surface area (Å²) in [4.78, 5) is 33.5. The molecule has 2 amide bonds. The number of nitrogens with zero attached hydrogens (tertiary/aromatic N) is 3. The van der Waals surface area contributed by atoms with Gasteiger partial charge >= 0.3 is 0 Å². The van der Waals surface area contributed by atoms with E-state index >= 15 is 0 Å². The molecule has 2 unspecified atom stereocenters. The van der Waals surface area contributed by atoms with Gasteiger partial charge in [0.15, 0.2) is 0 Å². The molecule has 1 saturated heterocycles. The number of carbonyl (C=O) groups is 2. The zero-order chi connectivity index (χ0) is 25.4. The molecule has 2 atom stereocenters. The van der Waals surface area contributed by atoms with E-state index in [0.717, 1.165) is 24.1 Å². The topological polar surface area (TPSA) is 43.9 Å². The van der Waals surface area contributed by atoms with Crippen LogP contribution in [0.5, 0.6) is 0 Å². The fourth-order valence-electron chi connectivity index (χ4n) is 5.18. The van der Waals surface area contributed by atoms with Crippen LogP contribution < -0.4 is 0 Å². The number of hydrogen-bond acceptors (Lipinski definition) is 4. The number of piperazine rings is 1. The summed E-state index contributed by atoms with van der Waals surface area (Å²) >= 11 is 13.9. The van der Waals surface area contributed by atoms with Gasteiger partial charge in [-0.05, 0) is 66.2 Å². The minimum Gasteiger partial charge on any atom is -0.338 e. The smallest absolute Gasteiger partial charge is 0.255 e. The average Bonchev–Trinajstić information content (AvgIpc) is 3.32. The summed E-state index contributed by atoms with van der Waals surface area (Å²) < 4.78 is 14.1. The summed E-state index contributed by atoms with van der Waals surface area (Å²) in [6.45, 7) is 4.21. The van der Waals surface area contributed by atoms with E-state index in [9.17, 15) is 14.0 Å². The van der Waals surface area contributed by atoms with Crippen molar-refractivity contribution in [1.82, 2.24) is 14.7 Å². The fraction of sp³-hybridized carbons (Fsp3) is 0.333. The second kappa shape index (κ2) is 10.5. The molecule has 3 heterocycles. The molecule has 2 aromatic carbocycles. The second-order valence-electron chi connectivity index (χ2n) is 9.29. The van der Waals surface area contributed by atoms with E-state index in [1.165, 1.54) is 10.9 Å². The van der Waals surface area contributed by atoms with Crippen molar-refractivity contribution in [2.45, 2.75) is 25.4 Å². The highest BCUT2D eigenvalue weighted by Crippen LogP contribution is 2.38. The van der Waals surface area contributed by atoms with Gasteiger partial charge in [-0.15, -0.1) is 11.3 Å². The van der Waals surface area contributed by atoms with E-state index in [2.05, 4.69) is 16.3 Å². The van der Waals surface area contributed by atoms with Crippen LogP contribution in [0.2, 0.25) is 10.0 Å². The number of rotatable bonds is 4. The molecule has 2 aliphatic rings. The predicted molar refractivity (Wildman–Crippen MR) is 141 cm³/mol. The number of fused-ring (bicyclic) bond motifs is 1. The van der Waals surface area contributed by atoms with E-state index in [1.54, 1.807) is 46.6 Å². The highest BCUT2D eigenvalue weighted by atomic mass is 35.5. The first-order valence-electron chi connectivity index (χ1n) is 11.9. The van der Waals surface area contributed by atoms with Crippen LogP contribution in [-0.4, -0.2) is 65.3 Å². The summed E-state index contributed by atoms with van der Waals surface area (Å²) in [5, 5.41) is 2.86. The Kier molecular flexibility index (Phi) is 7.35. The zero-order valence-corrected chi connectivity index (χ0v) is 22.1. The molecule has 0 spiro atoms. The number of benzene rings is 2. The number of halogens is 3. The molecule has 3 aromatic rings. The Hall–Kier alpha value is -2.45. The summed E-state index contributed by atoms with van der Waals surface area (Å²) in [6, 6.07) is 13.3. The summed E-state index contributed by atoms with van der Waals surface area (Å²) in [6.07, 6.45) is 0.868. The van der Waals surface area contributed by atoms with Gasteiger partial charge < -0.3 is 9.80 Å². The summed E-state index contributed by atoms with van der Waals surface area (Å²) in [5.41, 5.74) is 2.41. The fourth-order valence-corrected chi connectivity index (χ4v) is 6.58. The standard InChI is InChI=1S/C27H26Cl2FN3O2S/c1-17-15-31(10-11-33(17)27(35)21-6-5-19(28)14-23(21)29)25(34)16-32-9-7-24-22(8-12-36-24)26(32)18-3-2-4-20(30)13-18/h2-6,8,12-14,17,26H,7,9-11,15-16H2,1H3. The van der Waals surface area contributed by atoms with Crippen LogP contribution in [0, 0.1) is 5.82 Å². The molecule has 1 fully saturated rings. The lowest BCUT2D eigenvalue weighted by atomic mass is 9.93. The Bertz CT molecular complexity index is 1300. The van der Waals surface area contributed by atoms with Gasteiger partial charge in [-0.1, -0.05) is 35.3 Å². The number of amides is 2. The molecule has 36 heavy (non-hydrogen) atoms. The Morgan fingerprint density at radius 3 is 2.67 bits per heavy atom. The largest absolute Gasteiger partial charge is 0.338 e. The number of carbonyl (C=O) groups excluding carboxylic acids is 2. The highest BCUT2D eigenvalue weighted by Gasteiger charge is 2.35. The van der Waals surface area contributed by atoms with Crippen molar-refractivity contribution < 1.29 is 14.0 Å². The second-order valence-corrected chi connectivity index (χ2v) is 11.1. The third-order valence-corrected chi connectivity index (χ3v) is 8.52. The van der Waals surface area contributed by atoms with Gasteiger partial charge in [0.2, 0.25) is 5.91 Å². The Balaban J connectivity index is 1.28. The third kappa shape index (κ3) is 5.02. The summed E-state index contributed by atoms with van der Waals surface area (Å²) in [7, 11) is 0. The molecule has 0 N–H and O–H groups in total. The molecule has 0 aliphatic carbocycles. The zero-order valence-electron chi connectivity index (χ0n) is 19.8. The van der Waals surface area contributed by atoms with Crippen LogP contribution in [0.1, 0.15) is 39.3 Å². The van der Waals surface area contributed by atoms with E-state index in [0.29, 0.717) is 35.2 Å². The van der Waals surface area contributed by atoms with Crippen LogP contribution in [0.4, 0.5) is 4.39 Å². The quantitative estimate of drug-likeness (QED) is 0.433. The minimum absolute atomic E-state index is 0.0126. The molecule has 5 rings (SSSR count). The van der Waals surface area contributed by atoms with Gasteiger partial charge in [0.1, 0.15) is 5.82 Å². The Labute approximate surface area is 224 Å². The van der Waals surface area contributed by atoms with Crippen LogP contribution >= 0.6 is 34.5 Å². The maximum absolute atomic E-state index is 14.1. The lowest BCUT2D eigenvalue weighted by molar-refractivity contribution is -0.135. The van der Waals surface area contributed by atoms with Gasteiger partial charge in [0.05, 0.1) is 23.2 Å². The highest BCUT2D eigenvalue weighted by molar-refractivity contribution is 7.10. The van der Waals surface area contributed by atoms with E-state index in [4.69, 9.17) is 23.2 Å². The maximum atomic E-state index is 14.1. The summed E-state index contributed by atoms with van der Waals surface area (Å²) in [5.74, 6) is -0.432. The van der Waals surface area contributed by atoms with E-state index < -0.39 is 0 Å². The molecular formula is C27H26Cl2FN3O2S. The van der Waals surface area contributed by atoms with Crippen LogP contribution in [0.3, 0.4) is 0 Å². The first-order chi connectivity index (χ1) is 17.3. The van der Waals surface area contributed by atoms with Gasteiger partial charge in [-0.25, -0.2) is 4.39 Å². The average molecular weight is 546 g/mol. The van der Waals surface area contributed by atoms with Crippen molar-refractivity contribution in [1.29, 1.82) is 0 Å². The minimum atomic E-state index is -0.281. The molecule has 1 aromatic heterocycles. The van der Waals surface area contributed by atoms with Gasteiger partial charge in [-0.2, -0.15) is 0 Å². The van der Waals surface area contributed by atoms with Crippen molar-refractivity contribution in [3.05, 3.63) is 91.3 Å². The van der Waals surface area contributed by atoms with E-state index in [-0.39, 0.29) is 36.3 Å². The molecule has 9 heteroatoms. The molecule has 0 radical (unpaired) electrons. The van der Waals surface area contributed by atoms with Gasteiger partial charge in [0, 0.05) is 42.1 Å². The monoisotopic (exact) mass is 545 g/mol. The van der Waals surface area contributed by atoms with Crippen molar-refractivity contribution in [3.8, 4) is 0 Å². The predicted octanol–water partition coefficient (Wildman–Crippen LogP) is 5.51. The van der Waals surface area contributed by atoms with E-state index in [1.807, 2.05) is 17.9 Å². The van der Waals surface area contributed by atoms with Crippen molar-refractivity contribution in [2.75, 3.05) is 32.7 Å².